The zero-order valence-electron chi connectivity index (χ0n) is 13.7. The van der Waals surface area contributed by atoms with Crippen molar-refractivity contribution >= 4 is 27.9 Å². The van der Waals surface area contributed by atoms with Gasteiger partial charge in [0.25, 0.3) is 0 Å². The summed E-state index contributed by atoms with van der Waals surface area (Å²) >= 11 is 1.53. The van der Waals surface area contributed by atoms with Crippen LogP contribution in [-0.2, 0) is 0 Å². The molecule has 0 atom stereocenters. The predicted octanol–water partition coefficient (Wildman–Crippen LogP) is 5.51. The fraction of sp³-hybridized carbons (Fsp3) is 0.158. The molecule has 24 heavy (non-hydrogen) atoms. The summed E-state index contributed by atoms with van der Waals surface area (Å²) in [5.41, 5.74) is 3.81. The molecule has 1 aromatic heterocycles. The fourth-order valence-electron chi connectivity index (χ4n) is 2.45. The van der Waals surface area contributed by atoms with Gasteiger partial charge in [-0.15, -0.1) is 11.3 Å². The lowest BCUT2D eigenvalue weighted by Gasteiger charge is -2.04. The summed E-state index contributed by atoms with van der Waals surface area (Å²) in [6.07, 6.45) is 0. The average molecular weight is 340 g/mol. The highest BCUT2D eigenvalue weighted by molar-refractivity contribution is 7.16. The molecule has 3 aromatic rings. The summed E-state index contributed by atoms with van der Waals surface area (Å²) < 4.78 is 13.5. The van der Waals surface area contributed by atoms with E-state index in [4.69, 9.17) is 0 Å². The van der Waals surface area contributed by atoms with E-state index in [1.165, 1.54) is 17.4 Å². The molecule has 3 rings (SSSR count). The molecular weight excluding hydrogens is 323 g/mol. The first-order chi connectivity index (χ1) is 11.4. The number of benzene rings is 2. The van der Waals surface area contributed by atoms with Crippen molar-refractivity contribution in [3.8, 4) is 11.3 Å². The number of rotatable bonds is 4. The Morgan fingerprint density at radius 1 is 1.17 bits per heavy atom. The van der Waals surface area contributed by atoms with Crippen LogP contribution in [0.1, 0.15) is 27.7 Å². The van der Waals surface area contributed by atoms with E-state index >= 15 is 0 Å². The maximum atomic E-state index is 13.5. The quantitative estimate of drug-likeness (QED) is 0.637. The highest BCUT2D eigenvalue weighted by Gasteiger charge is 2.12. The van der Waals surface area contributed by atoms with Crippen molar-refractivity contribution in [3.63, 3.8) is 0 Å². The Kier molecular flexibility index (Phi) is 4.44. The van der Waals surface area contributed by atoms with Gasteiger partial charge in [0.15, 0.2) is 10.9 Å². The smallest absolute Gasteiger partial charge is 0.187 e. The van der Waals surface area contributed by atoms with Crippen LogP contribution < -0.4 is 5.32 Å². The Morgan fingerprint density at radius 3 is 2.67 bits per heavy atom. The molecule has 0 unspecified atom stereocenters. The van der Waals surface area contributed by atoms with Gasteiger partial charge in [0.2, 0.25) is 0 Å². The molecule has 0 amide bonds. The number of ketones is 1. The maximum Gasteiger partial charge on any atom is 0.187 e. The zero-order chi connectivity index (χ0) is 17.3. The van der Waals surface area contributed by atoms with Crippen LogP contribution in [-0.4, -0.2) is 10.8 Å². The van der Waals surface area contributed by atoms with Crippen molar-refractivity contribution in [2.24, 2.45) is 0 Å². The van der Waals surface area contributed by atoms with Gasteiger partial charge in [-0.2, -0.15) is 0 Å². The van der Waals surface area contributed by atoms with Crippen LogP contribution >= 0.6 is 11.3 Å². The van der Waals surface area contributed by atoms with E-state index in [0.717, 1.165) is 27.0 Å². The van der Waals surface area contributed by atoms with E-state index in [2.05, 4.69) is 10.3 Å². The second-order valence-electron chi connectivity index (χ2n) is 5.65. The van der Waals surface area contributed by atoms with E-state index < -0.39 is 0 Å². The number of hydrogen-bond donors (Lipinski definition) is 1. The number of aryl methyl sites for hydroxylation is 2. The predicted molar refractivity (Wildman–Crippen MR) is 96.7 cm³/mol. The molecule has 0 fully saturated rings. The number of anilines is 2. The van der Waals surface area contributed by atoms with Gasteiger partial charge in [0, 0.05) is 21.7 Å². The van der Waals surface area contributed by atoms with Crippen molar-refractivity contribution in [1.82, 2.24) is 4.98 Å². The molecule has 0 spiro atoms. The number of hydrogen-bond acceptors (Lipinski definition) is 4. The Bertz CT molecular complexity index is 917. The van der Waals surface area contributed by atoms with Gasteiger partial charge in [-0.1, -0.05) is 12.1 Å². The monoisotopic (exact) mass is 340 g/mol. The van der Waals surface area contributed by atoms with Gasteiger partial charge in [-0.3, -0.25) is 4.79 Å². The standard InChI is InChI=1S/C19H17FN2OS/c1-11-9-15(7-8-17(11)20)18-13(3)24-19(22-18)21-16-6-4-5-14(10-16)12(2)23/h4-10H,1-3H3,(H,21,22). The van der Waals surface area contributed by atoms with E-state index in [1.807, 2.05) is 19.1 Å². The number of carbonyl (C=O) groups is 1. The van der Waals surface area contributed by atoms with E-state index in [0.29, 0.717) is 11.1 Å². The highest BCUT2D eigenvalue weighted by atomic mass is 32.1. The van der Waals surface area contributed by atoms with Crippen molar-refractivity contribution in [2.45, 2.75) is 20.8 Å². The van der Waals surface area contributed by atoms with Crippen molar-refractivity contribution < 1.29 is 9.18 Å². The molecule has 0 aliphatic carbocycles. The van der Waals surface area contributed by atoms with Crippen LogP contribution in [0.4, 0.5) is 15.2 Å². The Hall–Kier alpha value is -2.53. The molecule has 2 aromatic carbocycles. The van der Waals surface area contributed by atoms with Gasteiger partial charge < -0.3 is 5.32 Å². The molecule has 122 valence electrons. The van der Waals surface area contributed by atoms with Gasteiger partial charge in [0.1, 0.15) is 5.82 Å². The first-order valence-corrected chi connectivity index (χ1v) is 8.37. The Balaban J connectivity index is 1.90. The molecule has 0 aliphatic heterocycles. The molecule has 0 saturated heterocycles. The highest BCUT2D eigenvalue weighted by Crippen LogP contribution is 2.32. The first-order valence-electron chi connectivity index (χ1n) is 7.56. The number of nitrogens with one attached hydrogen (secondary N) is 1. The third-order valence-electron chi connectivity index (χ3n) is 3.75. The Labute approximate surface area is 144 Å². The van der Waals surface area contributed by atoms with Gasteiger partial charge in [0.05, 0.1) is 5.69 Å². The molecule has 0 aliphatic rings. The molecule has 0 radical (unpaired) electrons. The van der Waals surface area contributed by atoms with Crippen molar-refractivity contribution in [1.29, 1.82) is 0 Å². The lowest BCUT2D eigenvalue weighted by molar-refractivity contribution is 0.101. The summed E-state index contributed by atoms with van der Waals surface area (Å²) in [5.74, 6) is -0.192. The number of Topliss-reactive ketones (excluding diaryl/α,β-unsaturated/α-hetero) is 1. The molecular formula is C19H17FN2OS. The topological polar surface area (TPSA) is 42.0 Å². The summed E-state index contributed by atoms with van der Waals surface area (Å²) in [7, 11) is 0. The Morgan fingerprint density at radius 2 is 1.96 bits per heavy atom. The maximum absolute atomic E-state index is 13.5. The molecule has 5 heteroatoms. The second kappa shape index (κ2) is 6.53. The van der Waals surface area contributed by atoms with Gasteiger partial charge >= 0.3 is 0 Å². The number of halogens is 1. The molecule has 3 nitrogen and oxygen atoms in total. The van der Waals surface area contributed by atoms with E-state index in [9.17, 15) is 9.18 Å². The van der Waals surface area contributed by atoms with Gasteiger partial charge in [-0.05, 0) is 56.7 Å². The number of nitrogens with zero attached hydrogens (tertiary/aromatic N) is 1. The summed E-state index contributed by atoms with van der Waals surface area (Å²) in [6.45, 7) is 5.28. The van der Waals surface area contributed by atoms with Crippen molar-refractivity contribution in [3.05, 3.63) is 64.3 Å². The van der Waals surface area contributed by atoms with Crippen LogP contribution in [0.15, 0.2) is 42.5 Å². The third kappa shape index (κ3) is 3.36. The first kappa shape index (κ1) is 16.3. The fourth-order valence-corrected chi connectivity index (χ4v) is 3.31. The van der Waals surface area contributed by atoms with Crippen LogP contribution in [0.25, 0.3) is 11.3 Å². The van der Waals surface area contributed by atoms with Crippen LogP contribution in [0.2, 0.25) is 0 Å². The molecule has 1 N–H and O–H groups in total. The SMILES string of the molecule is CC(=O)c1cccc(Nc2nc(-c3ccc(F)c(C)c3)c(C)s2)c1. The number of aromatic nitrogens is 1. The molecule has 0 bridgehead atoms. The van der Waals surface area contributed by atoms with E-state index in [-0.39, 0.29) is 11.6 Å². The van der Waals surface area contributed by atoms with Crippen LogP contribution in [0, 0.1) is 19.7 Å². The summed E-state index contributed by atoms with van der Waals surface area (Å²) in [5, 5.41) is 3.98. The molecule has 0 saturated carbocycles. The largest absolute Gasteiger partial charge is 0.332 e. The third-order valence-corrected chi connectivity index (χ3v) is 4.63. The lowest BCUT2D eigenvalue weighted by Crippen LogP contribution is -1.95. The van der Waals surface area contributed by atoms with Crippen LogP contribution in [0.5, 0.6) is 0 Å². The number of carbonyl (C=O) groups excluding carboxylic acids is 1. The normalized spacial score (nSPS) is 10.7. The zero-order valence-corrected chi connectivity index (χ0v) is 14.5. The van der Waals surface area contributed by atoms with Gasteiger partial charge in [-0.25, -0.2) is 9.37 Å². The van der Waals surface area contributed by atoms with Crippen LogP contribution in [0.3, 0.4) is 0 Å². The van der Waals surface area contributed by atoms with E-state index in [1.54, 1.807) is 38.1 Å². The minimum absolute atomic E-state index is 0.0245. The average Bonchev–Trinajstić information content (AvgIpc) is 2.90. The van der Waals surface area contributed by atoms with Crippen molar-refractivity contribution in [2.75, 3.05) is 5.32 Å². The molecule has 1 heterocycles. The minimum Gasteiger partial charge on any atom is -0.332 e. The number of thiazole rings is 1. The summed E-state index contributed by atoms with van der Waals surface area (Å²) in [4.78, 5) is 17.1. The summed E-state index contributed by atoms with van der Waals surface area (Å²) in [6, 6.07) is 12.3. The second-order valence-corrected chi connectivity index (χ2v) is 6.85. The minimum atomic E-state index is -0.217. The lowest BCUT2D eigenvalue weighted by atomic mass is 10.1.